The van der Waals surface area contributed by atoms with Crippen molar-refractivity contribution in [1.29, 1.82) is 0 Å². The highest BCUT2D eigenvalue weighted by Crippen LogP contribution is 2.31. The summed E-state index contributed by atoms with van der Waals surface area (Å²) in [4.78, 5) is 13.7. The minimum atomic E-state index is -0.305. The summed E-state index contributed by atoms with van der Waals surface area (Å²) in [6.45, 7) is 4.77. The van der Waals surface area contributed by atoms with E-state index in [2.05, 4.69) is 27.1 Å². The number of piperidine rings is 1. The van der Waals surface area contributed by atoms with Gasteiger partial charge in [-0.25, -0.2) is 9.89 Å². The molecular weight excluding hydrogens is 244 g/mol. The molecule has 3 heterocycles. The summed E-state index contributed by atoms with van der Waals surface area (Å²) in [5.41, 5.74) is 6.27. The van der Waals surface area contributed by atoms with Crippen LogP contribution < -0.4 is 16.3 Å². The molecule has 102 valence electrons. The predicted octanol–water partition coefficient (Wildman–Crippen LogP) is -0.0172. The molecule has 0 spiro atoms. The van der Waals surface area contributed by atoms with E-state index in [0.29, 0.717) is 12.2 Å². The molecule has 2 aromatic heterocycles. The number of nitrogens with zero attached hydrogens (tertiary/aromatic N) is 4. The highest BCUT2D eigenvalue weighted by molar-refractivity contribution is 5.45. The van der Waals surface area contributed by atoms with E-state index in [4.69, 9.17) is 5.73 Å². The second kappa shape index (κ2) is 4.34. The van der Waals surface area contributed by atoms with Crippen molar-refractivity contribution in [2.75, 3.05) is 24.5 Å². The molecule has 7 nitrogen and oxygen atoms in total. The molecule has 0 aliphatic carbocycles. The molecule has 1 aliphatic rings. The maximum Gasteiger partial charge on any atom is 0.364 e. The highest BCUT2D eigenvalue weighted by atomic mass is 16.2. The predicted molar refractivity (Wildman–Crippen MR) is 72.2 cm³/mol. The summed E-state index contributed by atoms with van der Waals surface area (Å²) in [7, 11) is 0. The van der Waals surface area contributed by atoms with Gasteiger partial charge in [-0.3, -0.25) is 0 Å². The molecule has 1 aliphatic heterocycles. The van der Waals surface area contributed by atoms with Crippen LogP contribution in [0.25, 0.3) is 5.65 Å². The van der Waals surface area contributed by atoms with Crippen molar-refractivity contribution in [3.8, 4) is 0 Å². The minimum Gasteiger partial charge on any atom is -0.355 e. The third-order valence-corrected chi connectivity index (χ3v) is 4.05. The molecule has 1 saturated heterocycles. The van der Waals surface area contributed by atoms with Gasteiger partial charge in [0.05, 0.1) is 0 Å². The topological polar surface area (TPSA) is 92.3 Å². The van der Waals surface area contributed by atoms with E-state index in [-0.39, 0.29) is 11.1 Å². The Balaban J connectivity index is 1.85. The minimum absolute atomic E-state index is 0.229. The van der Waals surface area contributed by atoms with Gasteiger partial charge in [-0.05, 0) is 36.9 Å². The molecule has 3 rings (SSSR count). The molecule has 0 bridgehead atoms. The van der Waals surface area contributed by atoms with Crippen LogP contribution in [-0.2, 0) is 0 Å². The van der Waals surface area contributed by atoms with Crippen molar-refractivity contribution in [2.24, 2.45) is 11.1 Å². The first-order chi connectivity index (χ1) is 9.11. The Hall–Kier alpha value is -1.89. The first-order valence-corrected chi connectivity index (χ1v) is 6.51. The van der Waals surface area contributed by atoms with Crippen molar-refractivity contribution < 1.29 is 0 Å². The smallest absolute Gasteiger partial charge is 0.355 e. The fourth-order valence-corrected chi connectivity index (χ4v) is 2.44. The van der Waals surface area contributed by atoms with Crippen molar-refractivity contribution >= 4 is 11.5 Å². The molecule has 0 saturated carbocycles. The molecule has 1 fully saturated rings. The quantitative estimate of drug-likeness (QED) is 0.793. The maximum atomic E-state index is 11.5. The fourth-order valence-electron chi connectivity index (χ4n) is 2.44. The van der Waals surface area contributed by atoms with Gasteiger partial charge >= 0.3 is 5.69 Å². The van der Waals surface area contributed by atoms with Crippen molar-refractivity contribution in [1.82, 2.24) is 19.8 Å². The number of H-pyrrole nitrogens is 1. The second-order valence-corrected chi connectivity index (χ2v) is 5.49. The van der Waals surface area contributed by atoms with E-state index in [9.17, 15) is 4.79 Å². The van der Waals surface area contributed by atoms with E-state index in [1.54, 1.807) is 6.07 Å². The van der Waals surface area contributed by atoms with Crippen LogP contribution in [0.4, 0.5) is 5.82 Å². The molecule has 0 unspecified atom stereocenters. The molecule has 7 heteroatoms. The molecule has 0 atom stereocenters. The van der Waals surface area contributed by atoms with E-state index in [1.807, 2.05) is 6.07 Å². The molecule has 19 heavy (non-hydrogen) atoms. The Morgan fingerprint density at radius 1 is 1.42 bits per heavy atom. The van der Waals surface area contributed by atoms with E-state index >= 15 is 0 Å². The summed E-state index contributed by atoms with van der Waals surface area (Å²) in [6.07, 6.45) is 2.09. The zero-order valence-corrected chi connectivity index (χ0v) is 11.0. The van der Waals surface area contributed by atoms with Gasteiger partial charge in [-0.2, -0.15) is 9.61 Å². The number of aromatic amines is 1. The lowest BCUT2D eigenvalue weighted by atomic mass is 9.80. The molecular formula is C12H18N6O. The van der Waals surface area contributed by atoms with E-state index in [1.165, 1.54) is 4.52 Å². The number of nitrogens with one attached hydrogen (secondary N) is 1. The van der Waals surface area contributed by atoms with Crippen molar-refractivity contribution in [3.63, 3.8) is 0 Å². The molecule has 2 aromatic rings. The monoisotopic (exact) mass is 262 g/mol. The number of hydrogen-bond acceptors (Lipinski definition) is 5. The van der Waals surface area contributed by atoms with Gasteiger partial charge in [-0.1, -0.05) is 6.92 Å². The van der Waals surface area contributed by atoms with Crippen LogP contribution in [0.1, 0.15) is 19.8 Å². The summed E-state index contributed by atoms with van der Waals surface area (Å²) in [6, 6.07) is 3.71. The number of rotatable bonds is 2. The molecule has 0 aromatic carbocycles. The summed E-state index contributed by atoms with van der Waals surface area (Å²) < 4.78 is 1.30. The van der Waals surface area contributed by atoms with Crippen LogP contribution in [0.15, 0.2) is 16.9 Å². The Labute approximate surface area is 110 Å². The first-order valence-electron chi connectivity index (χ1n) is 6.51. The van der Waals surface area contributed by atoms with Crippen LogP contribution >= 0.6 is 0 Å². The van der Waals surface area contributed by atoms with Gasteiger partial charge in [0.25, 0.3) is 0 Å². The zero-order chi connectivity index (χ0) is 13.5. The summed E-state index contributed by atoms with van der Waals surface area (Å²) >= 11 is 0. The van der Waals surface area contributed by atoms with E-state index < -0.39 is 0 Å². The zero-order valence-electron chi connectivity index (χ0n) is 11.0. The number of hydrogen-bond donors (Lipinski definition) is 2. The van der Waals surface area contributed by atoms with E-state index in [0.717, 1.165) is 31.7 Å². The lowest BCUT2D eigenvalue weighted by Gasteiger charge is -2.39. The van der Waals surface area contributed by atoms with Crippen molar-refractivity contribution in [3.05, 3.63) is 22.6 Å². The van der Waals surface area contributed by atoms with Crippen LogP contribution in [0, 0.1) is 5.41 Å². The number of anilines is 1. The lowest BCUT2D eigenvalue weighted by Crippen LogP contribution is -2.42. The van der Waals surface area contributed by atoms with Crippen molar-refractivity contribution in [2.45, 2.75) is 19.8 Å². The average molecular weight is 262 g/mol. The largest absolute Gasteiger partial charge is 0.364 e. The van der Waals surface area contributed by atoms with Gasteiger partial charge in [0, 0.05) is 13.1 Å². The Morgan fingerprint density at radius 2 is 2.16 bits per heavy atom. The normalized spacial score (nSPS) is 18.9. The standard InChI is InChI=1S/C12H18N6O/c1-12(8-13)4-6-17(7-5-12)10-3-2-9-14-15-11(19)18(9)16-10/h2-3H,4-8,13H2,1H3,(H,15,19). The number of fused-ring (bicyclic) bond motifs is 1. The molecule has 3 N–H and O–H groups in total. The number of aromatic nitrogens is 4. The lowest BCUT2D eigenvalue weighted by molar-refractivity contribution is 0.257. The Bertz CT molecular complexity index is 637. The average Bonchev–Trinajstić information content (AvgIpc) is 2.81. The van der Waals surface area contributed by atoms with Crippen LogP contribution in [0.5, 0.6) is 0 Å². The third-order valence-electron chi connectivity index (χ3n) is 4.05. The van der Waals surface area contributed by atoms with Crippen LogP contribution in [0.3, 0.4) is 0 Å². The maximum absolute atomic E-state index is 11.5. The van der Waals surface area contributed by atoms with Gasteiger partial charge < -0.3 is 10.6 Å². The van der Waals surface area contributed by atoms with Gasteiger partial charge in [0.15, 0.2) is 5.65 Å². The van der Waals surface area contributed by atoms with Crippen LogP contribution in [0.2, 0.25) is 0 Å². The number of nitrogens with two attached hydrogens (primary N) is 1. The highest BCUT2D eigenvalue weighted by Gasteiger charge is 2.29. The van der Waals surface area contributed by atoms with Crippen LogP contribution in [-0.4, -0.2) is 39.4 Å². The first kappa shape index (κ1) is 12.2. The SMILES string of the molecule is CC1(CN)CCN(c2ccc3n[nH]c(=O)n3n2)CC1. The fraction of sp³-hybridized carbons (Fsp3) is 0.583. The van der Waals surface area contributed by atoms with Gasteiger partial charge in [-0.15, -0.1) is 5.10 Å². The van der Waals surface area contributed by atoms with Gasteiger partial charge in [0.2, 0.25) is 0 Å². The Morgan fingerprint density at radius 3 is 2.84 bits per heavy atom. The summed E-state index contributed by atoms with van der Waals surface area (Å²) in [5.74, 6) is 0.815. The Kier molecular flexibility index (Phi) is 2.78. The second-order valence-electron chi connectivity index (χ2n) is 5.49. The molecule has 0 amide bonds. The van der Waals surface area contributed by atoms with Gasteiger partial charge in [0.1, 0.15) is 5.82 Å². The molecule has 0 radical (unpaired) electrons. The third kappa shape index (κ3) is 2.10. The summed E-state index contributed by atoms with van der Waals surface area (Å²) in [5, 5.41) is 10.6.